The second-order valence-corrected chi connectivity index (χ2v) is 24.0. The van der Waals surface area contributed by atoms with Gasteiger partial charge in [-0.1, -0.05) is 281 Å². The minimum Gasteiger partial charge on any atom is -0.399 e. The van der Waals surface area contributed by atoms with Crippen LogP contribution >= 0.6 is 0 Å². The fourth-order valence-corrected chi connectivity index (χ4v) is 11.1. The summed E-state index contributed by atoms with van der Waals surface area (Å²) in [4.78, 5) is 2.41. The topological polar surface area (TPSA) is 29.3 Å². The summed E-state index contributed by atoms with van der Waals surface area (Å²) in [5.74, 6) is 0. The van der Waals surface area contributed by atoms with Crippen molar-refractivity contribution < 1.29 is 0 Å². The third kappa shape index (κ3) is 11.6. The predicted octanol–water partition coefficient (Wildman–Crippen LogP) is 22.1. The van der Waals surface area contributed by atoms with E-state index in [1.165, 1.54) is 60.8 Å². The lowest BCUT2D eigenvalue weighted by Crippen LogP contribution is -2.13. The molecule has 0 saturated carbocycles. The molecule has 11 rings (SSSR count). The van der Waals surface area contributed by atoms with E-state index < -0.39 is 0 Å². The number of benzene rings is 11. The molecule has 0 aromatic heterocycles. The molecule has 0 saturated heterocycles. The van der Waals surface area contributed by atoms with Gasteiger partial charge < -0.3 is 10.6 Å². The first-order chi connectivity index (χ1) is 38.5. The molecule has 2 nitrogen and oxygen atoms in total. The van der Waals surface area contributed by atoms with Gasteiger partial charge in [0.05, 0.1) is 0 Å². The van der Waals surface area contributed by atoms with Crippen LogP contribution in [0.15, 0.2) is 249 Å². The number of hydrogen-bond acceptors (Lipinski definition) is 2. The van der Waals surface area contributed by atoms with E-state index in [0.717, 1.165) is 61.3 Å². The molecule has 0 atom stereocenters. The molecular formula is C78H74N2. The zero-order valence-corrected chi connectivity index (χ0v) is 48.1. The van der Waals surface area contributed by atoms with Crippen molar-refractivity contribution in [3.8, 4) is 44.5 Å². The number of anilines is 4. The number of para-hydroxylation sites is 2. The summed E-state index contributed by atoms with van der Waals surface area (Å²) in [5.41, 5.74) is 26.3. The van der Waals surface area contributed by atoms with Crippen LogP contribution in [0.25, 0.3) is 84.3 Å². The number of rotatable bonds is 10. The van der Waals surface area contributed by atoms with Gasteiger partial charge in [-0.2, -0.15) is 0 Å². The normalized spacial score (nSPS) is 11.9. The summed E-state index contributed by atoms with van der Waals surface area (Å²) < 4.78 is 0. The lowest BCUT2D eigenvalue weighted by atomic mass is 9.79. The van der Waals surface area contributed by atoms with E-state index in [-0.39, 0.29) is 16.2 Å². The lowest BCUT2D eigenvalue weighted by molar-refractivity contribution is 0.590. The standard InChI is InChI=1S/C72H67N.C6H7N/c1-11-58-63(44-32-49-30-37-53(38-31-49)70(2,3)4)69(64-47-46-61(59-26-18-19-27-60(59)64)62-28-20-21-29-67(62)72(8,9)10)66-48-57(73(55-24-16-13-17-25-55)56-41-39-54(40-42-56)71(5,6)7)43-45-65(66)68(58)52-35-33-51(34-36-52)50-22-14-12-15-23-50;7-6-4-2-1-3-5-6/h11-48H,1H2,2-10H3;1-5H,7H2/b44-32-;. The molecule has 11 aromatic carbocycles. The Hall–Kier alpha value is -8.98. The predicted molar refractivity (Wildman–Crippen MR) is 350 cm³/mol. The van der Waals surface area contributed by atoms with E-state index in [4.69, 9.17) is 5.73 Å². The van der Waals surface area contributed by atoms with Crippen LogP contribution in [0, 0.1) is 0 Å². The van der Waals surface area contributed by atoms with Crippen LogP contribution in [0.3, 0.4) is 0 Å². The Morgan fingerprint density at radius 3 is 1.41 bits per heavy atom. The molecule has 0 unspecified atom stereocenters. The van der Waals surface area contributed by atoms with Crippen molar-refractivity contribution in [3.05, 3.63) is 283 Å². The average molecular weight is 1040 g/mol. The maximum Gasteiger partial charge on any atom is 0.0468 e. The number of nitrogens with zero attached hydrogens (tertiary/aromatic N) is 1. The molecule has 2 N–H and O–H groups in total. The van der Waals surface area contributed by atoms with Gasteiger partial charge in [-0.05, 0) is 164 Å². The maximum atomic E-state index is 5.36. The highest BCUT2D eigenvalue weighted by atomic mass is 15.1. The largest absolute Gasteiger partial charge is 0.399 e. The van der Waals surface area contributed by atoms with Gasteiger partial charge in [0.2, 0.25) is 0 Å². The first-order valence-electron chi connectivity index (χ1n) is 28.1. The van der Waals surface area contributed by atoms with Crippen LogP contribution in [0.4, 0.5) is 22.7 Å². The van der Waals surface area contributed by atoms with Gasteiger partial charge >= 0.3 is 0 Å². The van der Waals surface area contributed by atoms with Crippen molar-refractivity contribution in [3.63, 3.8) is 0 Å². The molecule has 0 aliphatic rings. The Bertz CT molecular complexity index is 3960. The molecule has 80 heavy (non-hydrogen) atoms. The van der Waals surface area contributed by atoms with Crippen molar-refractivity contribution in [2.24, 2.45) is 0 Å². The Morgan fingerprint density at radius 1 is 0.350 bits per heavy atom. The summed E-state index contributed by atoms with van der Waals surface area (Å²) in [6.45, 7) is 25.2. The highest BCUT2D eigenvalue weighted by Gasteiger charge is 2.26. The summed E-state index contributed by atoms with van der Waals surface area (Å²) in [6, 6.07) is 88.0. The van der Waals surface area contributed by atoms with Crippen molar-refractivity contribution in [2.45, 2.75) is 78.6 Å². The Kier molecular flexibility index (Phi) is 15.5. The highest BCUT2D eigenvalue weighted by Crippen LogP contribution is 2.49. The molecule has 0 aliphatic carbocycles. The van der Waals surface area contributed by atoms with E-state index >= 15 is 0 Å². The number of hydrogen-bond donors (Lipinski definition) is 1. The fraction of sp³-hybridized carbons (Fsp3) is 0.154. The summed E-state index contributed by atoms with van der Waals surface area (Å²) in [6.07, 6.45) is 6.73. The molecule has 0 fully saturated rings. The van der Waals surface area contributed by atoms with Gasteiger partial charge in [-0.25, -0.2) is 0 Å². The van der Waals surface area contributed by atoms with Crippen LogP contribution in [-0.2, 0) is 16.2 Å². The second-order valence-electron chi connectivity index (χ2n) is 24.0. The third-order valence-electron chi connectivity index (χ3n) is 15.4. The number of fused-ring (bicyclic) bond motifs is 2. The van der Waals surface area contributed by atoms with E-state index in [1.54, 1.807) is 0 Å². The quantitative estimate of drug-likeness (QED) is 0.109. The smallest absolute Gasteiger partial charge is 0.0468 e. The Balaban J connectivity index is 0.000000956. The first-order valence-corrected chi connectivity index (χ1v) is 28.1. The van der Waals surface area contributed by atoms with E-state index in [0.29, 0.717) is 0 Å². The van der Waals surface area contributed by atoms with Gasteiger partial charge in [0.25, 0.3) is 0 Å². The summed E-state index contributed by atoms with van der Waals surface area (Å²) in [7, 11) is 0. The maximum absolute atomic E-state index is 5.36. The monoisotopic (exact) mass is 1040 g/mol. The molecule has 0 amide bonds. The number of nitrogen functional groups attached to an aromatic ring is 1. The highest BCUT2D eigenvalue weighted by molar-refractivity contribution is 6.18. The molecular weight excluding hydrogens is 965 g/mol. The molecule has 0 spiro atoms. The zero-order valence-electron chi connectivity index (χ0n) is 48.1. The molecule has 2 heteroatoms. The van der Waals surface area contributed by atoms with Crippen molar-refractivity contribution in [1.29, 1.82) is 0 Å². The van der Waals surface area contributed by atoms with Crippen molar-refractivity contribution in [1.82, 2.24) is 0 Å². The number of nitrogens with two attached hydrogens (primary N) is 1. The van der Waals surface area contributed by atoms with E-state index in [1.807, 2.05) is 30.3 Å². The Morgan fingerprint density at radius 2 is 0.838 bits per heavy atom. The van der Waals surface area contributed by atoms with Gasteiger partial charge in [0, 0.05) is 22.7 Å². The molecule has 0 radical (unpaired) electrons. The SMILES string of the molecule is C=Cc1c(/C=C\c2ccc(C(C)(C)C)cc2)c(-c2ccc(-c3ccccc3C(C)(C)C)c3ccccc23)c2cc(N(c3ccccc3)c3ccc(C(C)(C)C)cc3)ccc2c1-c1ccc(-c2ccccc2)cc1.Nc1ccccc1. The molecule has 0 heterocycles. The summed E-state index contributed by atoms with van der Waals surface area (Å²) >= 11 is 0. The zero-order chi connectivity index (χ0) is 56.2. The molecule has 396 valence electrons. The van der Waals surface area contributed by atoms with Gasteiger partial charge in [0.15, 0.2) is 0 Å². The lowest BCUT2D eigenvalue weighted by Gasteiger charge is -2.28. The first kappa shape index (κ1) is 54.4. The minimum atomic E-state index is -0.0439. The van der Waals surface area contributed by atoms with Crippen LogP contribution in [-0.4, -0.2) is 0 Å². The summed E-state index contributed by atoms with van der Waals surface area (Å²) in [5, 5.41) is 4.75. The van der Waals surface area contributed by atoms with Crippen LogP contribution in [0.5, 0.6) is 0 Å². The van der Waals surface area contributed by atoms with Crippen LogP contribution in [0.1, 0.15) is 95.7 Å². The van der Waals surface area contributed by atoms with Gasteiger partial charge in [-0.15, -0.1) is 0 Å². The van der Waals surface area contributed by atoms with Crippen LogP contribution < -0.4 is 10.6 Å². The minimum absolute atomic E-state index is 0.0260. The molecule has 0 aliphatic heterocycles. The van der Waals surface area contributed by atoms with Crippen molar-refractivity contribution >= 4 is 62.5 Å². The third-order valence-corrected chi connectivity index (χ3v) is 15.4. The van der Waals surface area contributed by atoms with Crippen molar-refractivity contribution in [2.75, 3.05) is 10.6 Å². The average Bonchev–Trinajstić information content (AvgIpc) is 3.58. The second kappa shape index (κ2) is 22.8. The van der Waals surface area contributed by atoms with Crippen LogP contribution in [0.2, 0.25) is 0 Å². The van der Waals surface area contributed by atoms with E-state index in [9.17, 15) is 0 Å². The Labute approximate surface area is 476 Å². The fourth-order valence-electron chi connectivity index (χ4n) is 11.1. The molecule has 0 bridgehead atoms. The van der Waals surface area contributed by atoms with Gasteiger partial charge in [-0.3, -0.25) is 0 Å². The van der Waals surface area contributed by atoms with E-state index in [2.05, 4.69) is 304 Å². The van der Waals surface area contributed by atoms with Gasteiger partial charge in [0.1, 0.15) is 0 Å². The molecule has 11 aromatic rings.